The van der Waals surface area contributed by atoms with Gasteiger partial charge in [0.1, 0.15) is 5.82 Å². The number of methoxy groups -OCH3 is 3. The van der Waals surface area contributed by atoms with Gasteiger partial charge in [-0.3, -0.25) is 9.59 Å². The first kappa shape index (κ1) is 27.3. The van der Waals surface area contributed by atoms with Crippen LogP contribution in [0.3, 0.4) is 0 Å². The normalized spacial score (nSPS) is 13.7. The molecule has 9 heteroatoms. The monoisotopic (exact) mass is 540 g/mol. The Morgan fingerprint density at radius 2 is 1.58 bits per heavy atom. The van der Waals surface area contributed by atoms with E-state index in [1.807, 2.05) is 24.3 Å². The summed E-state index contributed by atoms with van der Waals surface area (Å²) in [6.45, 7) is 1.17. The van der Waals surface area contributed by atoms with Crippen molar-refractivity contribution in [2.45, 2.75) is 25.2 Å². The number of anilines is 1. The third kappa shape index (κ3) is 6.19. The van der Waals surface area contributed by atoms with Crippen LogP contribution in [-0.2, 0) is 11.2 Å². The number of carbonyl (C=O) groups excluding carboxylic acids is 2. The summed E-state index contributed by atoms with van der Waals surface area (Å²) in [5.74, 6) is 0.803. The van der Waals surface area contributed by atoms with Crippen LogP contribution in [-0.4, -0.2) is 51.1 Å². The molecule has 200 valence electrons. The number of hydrogen-bond donors (Lipinski definition) is 1. The van der Waals surface area contributed by atoms with Crippen LogP contribution in [0.2, 0.25) is 5.02 Å². The fourth-order valence-electron chi connectivity index (χ4n) is 4.69. The van der Waals surface area contributed by atoms with Gasteiger partial charge in [0.05, 0.1) is 32.8 Å². The molecule has 4 rings (SSSR count). The molecule has 1 saturated heterocycles. The van der Waals surface area contributed by atoms with E-state index in [1.165, 1.54) is 33.5 Å². The lowest BCUT2D eigenvalue weighted by Gasteiger charge is -2.32. The van der Waals surface area contributed by atoms with Gasteiger partial charge >= 0.3 is 0 Å². The summed E-state index contributed by atoms with van der Waals surface area (Å²) in [5, 5.41) is 2.93. The predicted octanol–water partition coefficient (Wildman–Crippen LogP) is 5.71. The molecule has 0 atom stereocenters. The van der Waals surface area contributed by atoms with Crippen molar-refractivity contribution in [1.29, 1.82) is 0 Å². The Bertz CT molecular complexity index is 1280. The highest BCUT2D eigenvalue weighted by Crippen LogP contribution is 2.38. The first-order valence-corrected chi connectivity index (χ1v) is 12.6. The number of halogens is 2. The van der Waals surface area contributed by atoms with Crippen molar-refractivity contribution in [3.8, 4) is 17.2 Å². The van der Waals surface area contributed by atoms with E-state index in [4.69, 9.17) is 25.8 Å². The number of rotatable bonds is 8. The van der Waals surface area contributed by atoms with Gasteiger partial charge in [-0.2, -0.15) is 0 Å². The first-order chi connectivity index (χ1) is 18.3. The van der Waals surface area contributed by atoms with Crippen LogP contribution >= 0.6 is 11.6 Å². The van der Waals surface area contributed by atoms with Crippen molar-refractivity contribution in [2.24, 2.45) is 0 Å². The molecule has 2 amide bonds. The zero-order chi connectivity index (χ0) is 27.2. The van der Waals surface area contributed by atoms with Crippen LogP contribution in [0.5, 0.6) is 17.2 Å². The Morgan fingerprint density at radius 3 is 2.13 bits per heavy atom. The Hall–Kier alpha value is -3.78. The maximum Gasteiger partial charge on any atom is 0.253 e. The molecule has 0 spiro atoms. The van der Waals surface area contributed by atoms with Crippen molar-refractivity contribution >= 4 is 29.1 Å². The summed E-state index contributed by atoms with van der Waals surface area (Å²) >= 11 is 5.73. The molecule has 0 aromatic heterocycles. The van der Waals surface area contributed by atoms with E-state index in [0.29, 0.717) is 47.5 Å². The zero-order valence-electron chi connectivity index (χ0n) is 21.6. The average Bonchev–Trinajstić information content (AvgIpc) is 2.94. The van der Waals surface area contributed by atoms with E-state index < -0.39 is 5.82 Å². The fourth-order valence-corrected chi connectivity index (χ4v) is 4.81. The highest BCUT2D eigenvalue weighted by molar-refractivity contribution is 6.30. The Labute approximate surface area is 226 Å². The lowest BCUT2D eigenvalue weighted by atomic mass is 9.89. The van der Waals surface area contributed by atoms with Gasteiger partial charge in [0, 0.05) is 24.3 Å². The molecular weight excluding hydrogens is 511 g/mol. The first-order valence-electron chi connectivity index (χ1n) is 12.3. The van der Waals surface area contributed by atoms with Crippen LogP contribution in [0, 0.1) is 5.82 Å². The molecular formula is C29H30ClFN2O5. The smallest absolute Gasteiger partial charge is 0.253 e. The zero-order valence-corrected chi connectivity index (χ0v) is 22.3. The van der Waals surface area contributed by atoms with Crippen molar-refractivity contribution < 1.29 is 28.2 Å². The van der Waals surface area contributed by atoms with E-state index >= 15 is 0 Å². The number of benzene rings is 3. The molecule has 1 heterocycles. The molecule has 0 saturated carbocycles. The second kappa shape index (κ2) is 12.2. The standard InChI is InChI=1S/C29H30ClFN2O5/c1-36-25-14-18(15-26(37-2)28(25)38-3)16-27(34)32-22-7-4-19(5-8-22)20-10-12-33(13-11-20)29(35)21-6-9-23(30)24(31)17-21/h4-9,14-15,17,20H,10-13,16H2,1-3H3,(H,32,34). The number of nitrogens with one attached hydrogen (secondary N) is 1. The van der Waals surface area contributed by atoms with Crippen molar-refractivity contribution in [3.63, 3.8) is 0 Å². The number of ether oxygens (including phenoxy) is 3. The summed E-state index contributed by atoms with van der Waals surface area (Å²) < 4.78 is 29.8. The van der Waals surface area contributed by atoms with Crippen molar-refractivity contribution in [1.82, 2.24) is 4.90 Å². The van der Waals surface area contributed by atoms with E-state index in [2.05, 4.69) is 5.32 Å². The minimum absolute atomic E-state index is 0.00101. The van der Waals surface area contributed by atoms with E-state index in [1.54, 1.807) is 23.1 Å². The van der Waals surface area contributed by atoms with Gasteiger partial charge < -0.3 is 24.4 Å². The minimum atomic E-state index is -0.594. The Kier molecular flexibility index (Phi) is 8.73. The van der Waals surface area contributed by atoms with E-state index in [9.17, 15) is 14.0 Å². The van der Waals surface area contributed by atoms with Crippen LogP contribution in [0.4, 0.5) is 10.1 Å². The van der Waals surface area contributed by atoms with E-state index in [-0.39, 0.29) is 23.3 Å². The molecule has 1 aliphatic rings. The summed E-state index contributed by atoms with van der Waals surface area (Å²) in [4.78, 5) is 27.2. The third-order valence-corrected chi connectivity index (χ3v) is 7.01. The molecule has 1 fully saturated rings. The van der Waals surface area contributed by atoms with Crippen LogP contribution in [0.25, 0.3) is 0 Å². The number of carbonyl (C=O) groups is 2. The molecule has 7 nitrogen and oxygen atoms in total. The molecule has 38 heavy (non-hydrogen) atoms. The van der Waals surface area contributed by atoms with Crippen LogP contribution in [0.15, 0.2) is 54.6 Å². The Balaban J connectivity index is 1.32. The van der Waals surface area contributed by atoms with Crippen molar-refractivity contribution in [2.75, 3.05) is 39.7 Å². The Morgan fingerprint density at radius 1 is 0.947 bits per heavy atom. The molecule has 1 N–H and O–H groups in total. The number of nitrogens with zero attached hydrogens (tertiary/aromatic N) is 1. The second-order valence-electron chi connectivity index (χ2n) is 9.08. The number of piperidine rings is 1. The van der Waals surface area contributed by atoms with Crippen molar-refractivity contribution in [3.05, 3.63) is 82.1 Å². The number of hydrogen-bond acceptors (Lipinski definition) is 5. The summed E-state index contributed by atoms with van der Waals surface area (Å²) in [6.07, 6.45) is 1.74. The molecule has 1 aliphatic heterocycles. The second-order valence-corrected chi connectivity index (χ2v) is 9.48. The molecule has 0 bridgehead atoms. The van der Waals surface area contributed by atoms with Gasteiger partial charge in [0.2, 0.25) is 11.7 Å². The van der Waals surface area contributed by atoms with Gasteiger partial charge in [0.15, 0.2) is 11.5 Å². The highest BCUT2D eigenvalue weighted by Gasteiger charge is 2.25. The summed E-state index contributed by atoms with van der Waals surface area (Å²) in [5.41, 5.74) is 2.88. The highest BCUT2D eigenvalue weighted by atomic mass is 35.5. The molecule has 0 radical (unpaired) electrons. The van der Waals surface area contributed by atoms with Crippen LogP contribution in [0.1, 0.15) is 40.2 Å². The predicted molar refractivity (Wildman–Crippen MR) is 144 cm³/mol. The van der Waals surface area contributed by atoms with Crippen LogP contribution < -0.4 is 19.5 Å². The number of amides is 2. The SMILES string of the molecule is COc1cc(CC(=O)Nc2ccc(C3CCN(C(=O)c4ccc(Cl)c(F)c4)CC3)cc2)cc(OC)c1OC. The maximum atomic E-state index is 13.8. The summed E-state index contributed by atoms with van der Waals surface area (Å²) in [7, 11) is 4.60. The summed E-state index contributed by atoms with van der Waals surface area (Å²) in [6, 6.07) is 15.4. The average molecular weight is 541 g/mol. The minimum Gasteiger partial charge on any atom is -0.493 e. The maximum absolute atomic E-state index is 13.8. The van der Waals surface area contributed by atoms with Gasteiger partial charge in [-0.15, -0.1) is 0 Å². The lowest BCUT2D eigenvalue weighted by Crippen LogP contribution is -2.37. The largest absolute Gasteiger partial charge is 0.493 e. The van der Waals surface area contributed by atoms with Gasteiger partial charge in [0.25, 0.3) is 5.91 Å². The van der Waals surface area contributed by atoms with Gasteiger partial charge in [-0.25, -0.2) is 4.39 Å². The topological polar surface area (TPSA) is 77.1 Å². The molecule has 3 aromatic rings. The lowest BCUT2D eigenvalue weighted by molar-refractivity contribution is -0.115. The fraction of sp³-hybridized carbons (Fsp3) is 0.310. The van der Waals surface area contributed by atoms with E-state index in [0.717, 1.165) is 24.0 Å². The molecule has 0 aliphatic carbocycles. The molecule has 0 unspecified atom stereocenters. The molecule has 3 aromatic carbocycles. The third-order valence-electron chi connectivity index (χ3n) is 6.70. The van der Waals surface area contributed by atoms with Gasteiger partial charge in [-0.1, -0.05) is 23.7 Å². The number of likely N-dealkylation sites (tertiary alicyclic amines) is 1. The quantitative estimate of drug-likeness (QED) is 0.396. The van der Waals surface area contributed by atoms with Gasteiger partial charge in [-0.05, 0) is 72.4 Å².